The predicted molar refractivity (Wildman–Crippen MR) is 98.7 cm³/mol. The zero-order valence-corrected chi connectivity index (χ0v) is 15.1. The van der Waals surface area contributed by atoms with Crippen molar-refractivity contribution in [2.45, 2.75) is 44.2 Å². The minimum absolute atomic E-state index is 0.0670. The highest BCUT2D eigenvalue weighted by molar-refractivity contribution is 5.75. The first kappa shape index (κ1) is 18.4. The molecular formula is C19H27N3O4. The van der Waals surface area contributed by atoms with Crippen LogP contribution in [0.25, 0.3) is 0 Å². The van der Waals surface area contributed by atoms with Crippen LogP contribution in [0, 0.1) is 5.92 Å². The van der Waals surface area contributed by atoms with Crippen molar-refractivity contribution in [1.29, 1.82) is 0 Å². The third-order valence-electron chi connectivity index (χ3n) is 5.36. The van der Waals surface area contributed by atoms with Crippen LogP contribution in [-0.4, -0.2) is 49.4 Å². The van der Waals surface area contributed by atoms with Gasteiger partial charge in [-0.2, -0.15) is 0 Å². The lowest BCUT2D eigenvalue weighted by atomic mass is 9.86. The van der Waals surface area contributed by atoms with E-state index in [2.05, 4.69) is 15.5 Å². The van der Waals surface area contributed by atoms with Gasteiger partial charge >= 0.3 is 12.0 Å². The lowest BCUT2D eigenvalue weighted by Gasteiger charge is -2.27. The summed E-state index contributed by atoms with van der Waals surface area (Å²) in [6, 6.07) is 7.90. The molecule has 7 heteroatoms. The molecule has 7 nitrogen and oxygen atoms in total. The standard InChI is InChI=1S/C19H27N3O4/c1-26-17-5-3-2-4-16(17)22-11-10-15(12-22)21-19(25)20-14-8-6-13(7-9-14)18(23)24/h2-5,13-15H,6-12H2,1H3,(H,23,24)(H2,20,21,25). The van der Waals surface area contributed by atoms with Crippen LogP contribution in [0.15, 0.2) is 24.3 Å². The molecule has 3 N–H and O–H groups in total. The van der Waals surface area contributed by atoms with Crippen molar-refractivity contribution in [3.05, 3.63) is 24.3 Å². The minimum atomic E-state index is -0.727. The molecule has 142 valence electrons. The average molecular weight is 361 g/mol. The maximum Gasteiger partial charge on any atom is 0.315 e. The van der Waals surface area contributed by atoms with E-state index in [1.807, 2.05) is 24.3 Å². The van der Waals surface area contributed by atoms with E-state index in [1.54, 1.807) is 7.11 Å². The summed E-state index contributed by atoms with van der Waals surface area (Å²) < 4.78 is 5.42. The van der Waals surface area contributed by atoms with Crippen LogP contribution in [0.3, 0.4) is 0 Å². The van der Waals surface area contributed by atoms with Crippen LogP contribution in [0.4, 0.5) is 10.5 Å². The summed E-state index contributed by atoms with van der Waals surface area (Å²) in [7, 11) is 1.66. The summed E-state index contributed by atoms with van der Waals surface area (Å²) in [4.78, 5) is 25.5. The number of para-hydroxylation sites is 2. The monoisotopic (exact) mass is 361 g/mol. The lowest BCUT2D eigenvalue weighted by Crippen LogP contribution is -2.48. The Bertz CT molecular complexity index is 643. The number of urea groups is 1. The maximum atomic E-state index is 12.3. The Morgan fingerprint density at radius 2 is 1.77 bits per heavy atom. The number of carboxylic acid groups (broad SMARTS) is 1. The first-order valence-electron chi connectivity index (χ1n) is 9.24. The van der Waals surface area contributed by atoms with Gasteiger partial charge in [0.1, 0.15) is 5.75 Å². The fraction of sp³-hybridized carbons (Fsp3) is 0.579. The predicted octanol–water partition coefficient (Wildman–Crippen LogP) is 2.22. The highest BCUT2D eigenvalue weighted by Crippen LogP contribution is 2.30. The zero-order valence-electron chi connectivity index (χ0n) is 15.1. The number of anilines is 1. The summed E-state index contributed by atoms with van der Waals surface area (Å²) in [5, 5.41) is 15.1. The average Bonchev–Trinajstić information content (AvgIpc) is 3.10. The van der Waals surface area contributed by atoms with E-state index in [0.29, 0.717) is 12.8 Å². The number of hydrogen-bond acceptors (Lipinski definition) is 4. The largest absolute Gasteiger partial charge is 0.495 e. The SMILES string of the molecule is COc1ccccc1N1CCC(NC(=O)NC2CCC(C(=O)O)CC2)C1. The second kappa shape index (κ2) is 8.29. The van der Waals surface area contributed by atoms with Gasteiger partial charge in [-0.3, -0.25) is 4.79 Å². The number of aliphatic carboxylic acids is 1. The Morgan fingerprint density at radius 3 is 2.46 bits per heavy atom. The number of carboxylic acids is 1. The van der Waals surface area contributed by atoms with Gasteiger partial charge < -0.3 is 25.4 Å². The van der Waals surface area contributed by atoms with Crippen molar-refractivity contribution in [2.24, 2.45) is 5.92 Å². The quantitative estimate of drug-likeness (QED) is 0.748. The van der Waals surface area contributed by atoms with Gasteiger partial charge in [0, 0.05) is 25.2 Å². The molecular weight excluding hydrogens is 334 g/mol. The molecule has 1 aromatic rings. The van der Waals surface area contributed by atoms with Crippen molar-refractivity contribution < 1.29 is 19.4 Å². The van der Waals surface area contributed by atoms with Crippen LogP contribution < -0.4 is 20.3 Å². The van der Waals surface area contributed by atoms with E-state index >= 15 is 0 Å². The number of hydrogen-bond donors (Lipinski definition) is 3. The van der Waals surface area contributed by atoms with Crippen molar-refractivity contribution in [3.63, 3.8) is 0 Å². The fourth-order valence-corrected chi connectivity index (χ4v) is 3.89. The van der Waals surface area contributed by atoms with Gasteiger partial charge in [0.2, 0.25) is 0 Å². The molecule has 0 spiro atoms. The van der Waals surface area contributed by atoms with Gasteiger partial charge in [-0.05, 0) is 44.2 Å². The van der Waals surface area contributed by atoms with Crippen LogP contribution in [0.5, 0.6) is 5.75 Å². The molecule has 26 heavy (non-hydrogen) atoms. The Balaban J connectivity index is 1.45. The molecule has 0 radical (unpaired) electrons. The number of nitrogens with zero attached hydrogens (tertiary/aromatic N) is 1. The highest BCUT2D eigenvalue weighted by atomic mass is 16.5. The van der Waals surface area contributed by atoms with Gasteiger partial charge in [-0.15, -0.1) is 0 Å². The molecule has 2 aliphatic rings. The molecule has 0 aromatic heterocycles. The van der Waals surface area contributed by atoms with Crippen molar-refractivity contribution in [3.8, 4) is 5.75 Å². The molecule has 2 amide bonds. The third kappa shape index (κ3) is 4.39. The molecule has 1 saturated heterocycles. The molecule has 1 unspecified atom stereocenters. The number of rotatable bonds is 5. The van der Waals surface area contributed by atoms with Crippen LogP contribution in [0.1, 0.15) is 32.1 Å². The summed E-state index contributed by atoms with van der Waals surface area (Å²) in [5.41, 5.74) is 1.05. The second-order valence-corrected chi connectivity index (χ2v) is 7.11. The number of amides is 2. The van der Waals surface area contributed by atoms with E-state index in [4.69, 9.17) is 9.84 Å². The Morgan fingerprint density at radius 1 is 1.08 bits per heavy atom. The maximum absolute atomic E-state index is 12.3. The number of benzene rings is 1. The van der Waals surface area contributed by atoms with E-state index in [1.165, 1.54) is 0 Å². The summed E-state index contributed by atoms with van der Waals surface area (Å²) >= 11 is 0. The summed E-state index contributed by atoms with van der Waals surface area (Å²) in [6.07, 6.45) is 3.60. The van der Waals surface area contributed by atoms with E-state index in [9.17, 15) is 9.59 Å². The molecule has 1 aromatic carbocycles. The summed E-state index contributed by atoms with van der Waals surface area (Å²) in [6.45, 7) is 1.62. The first-order chi connectivity index (χ1) is 12.6. The van der Waals surface area contributed by atoms with Crippen molar-refractivity contribution in [2.75, 3.05) is 25.1 Å². The van der Waals surface area contributed by atoms with Crippen molar-refractivity contribution >= 4 is 17.7 Å². The van der Waals surface area contributed by atoms with E-state index in [0.717, 1.165) is 43.8 Å². The number of nitrogens with one attached hydrogen (secondary N) is 2. The number of carbonyl (C=O) groups is 2. The molecule has 1 aliphatic carbocycles. The summed E-state index contributed by atoms with van der Waals surface area (Å²) in [5.74, 6) is -0.150. The van der Waals surface area contributed by atoms with Gasteiger partial charge in [0.05, 0.1) is 18.7 Å². The van der Waals surface area contributed by atoms with E-state index in [-0.39, 0.29) is 24.0 Å². The van der Waals surface area contributed by atoms with Crippen LogP contribution >= 0.6 is 0 Å². The molecule has 2 fully saturated rings. The number of methoxy groups -OCH3 is 1. The van der Waals surface area contributed by atoms with Crippen LogP contribution in [-0.2, 0) is 4.79 Å². The molecule has 1 saturated carbocycles. The van der Waals surface area contributed by atoms with Gasteiger partial charge in [-0.1, -0.05) is 12.1 Å². The Kier molecular flexibility index (Phi) is 5.85. The van der Waals surface area contributed by atoms with Gasteiger partial charge in [-0.25, -0.2) is 4.79 Å². The molecule has 0 bridgehead atoms. The number of carbonyl (C=O) groups excluding carboxylic acids is 1. The van der Waals surface area contributed by atoms with E-state index < -0.39 is 5.97 Å². The highest BCUT2D eigenvalue weighted by Gasteiger charge is 2.29. The minimum Gasteiger partial charge on any atom is -0.495 e. The normalized spacial score (nSPS) is 25.6. The topological polar surface area (TPSA) is 90.9 Å². The molecule has 1 atom stereocenters. The van der Waals surface area contributed by atoms with Crippen LogP contribution in [0.2, 0.25) is 0 Å². The smallest absolute Gasteiger partial charge is 0.315 e. The van der Waals surface area contributed by atoms with Crippen molar-refractivity contribution in [1.82, 2.24) is 10.6 Å². The first-order valence-corrected chi connectivity index (χ1v) is 9.24. The number of ether oxygens (including phenoxy) is 1. The van der Waals surface area contributed by atoms with Gasteiger partial charge in [0.25, 0.3) is 0 Å². The zero-order chi connectivity index (χ0) is 18.5. The van der Waals surface area contributed by atoms with Gasteiger partial charge in [0.15, 0.2) is 0 Å². The molecule has 1 heterocycles. The Labute approximate surface area is 153 Å². The third-order valence-corrected chi connectivity index (χ3v) is 5.36. The lowest BCUT2D eigenvalue weighted by molar-refractivity contribution is -0.142. The molecule has 3 rings (SSSR count). The second-order valence-electron chi connectivity index (χ2n) is 7.11. The fourth-order valence-electron chi connectivity index (χ4n) is 3.89. The Hall–Kier alpha value is -2.44. The molecule has 1 aliphatic heterocycles.